The molecule has 2 aliphatic rings. The molecule has 3 aromatic rings. The first-order valence-corrected chi connectivity index (χ1v) is 11.7. The minimum atomic E-state index is -0.299. The number of hydrazone groups is 1. The predicted molar refractivity (Wildman–Crippen MR) is 118 cm³/mol. The fourth-order valence-corrected chi connectivity index (χ4v) is 4.71. The van der Waals surface area contributed by atoms with Crippen molar-refractivity contribution in [1.29, 1.82) is 0 Å². The maximum absolute atomic E-state index is 13.2. The number of benzene rings is 1. The Morgan fingerprint density at radius 2 is 2.12 bits per heavy atom. The Balaban J connectivity index is 1.30. The quantitative estimate of drug-likeness (QED) is 0.484. The third-order valence-electron chi connectivity index (χ3n) is 5.44. The van der Waals surface area contributed by atoms with Gasteiger partial charge in [-0.25, -0.2) is 9.69 Å². The lowest BCUT2D eigenvalue weighted by atomic mass is 10.0. The summed E-state index contributed by atoms with van der Waals surface area (Å²) in [6, 6.07) is 10.8. The number of carbonyl (C=O) groups excluding carboxylic acids is 1. The molecular formula is C21H21ClN6O3S. The van der Waals surface area contributed by atoms with Gasteiger partial charge in [0.25, 0.3) is 5.91 Å². The fraction of sp³-hybridized carbons (Fsp3) is 0.381. The normalized spacial score (nSPS) is 20.7. The number of hydrogen-bond donors (Lipinski definition) is 0. The molecular weight excluding hydrogens is 452 g/mol. The summed E-state index contributed by atoms with van der Waals surface area (Å²) in [6.07, 6.45) is 4.31. The first-order chi connectivity index (χ1) is 15.7. The molecule has 166 valence electrons. The standard InChI is InChI=1S/C21H21ClN6O3S/c22-15-7-5-14(6-8-15)17-11-18(19-4-2-10-31-19)28(24-17)20(29)13-32-21-23-25-26-27(21)12-16-3-1-9-30-16/h2,4-8,10,16,18H,1,3,9,11-13H2/t16-,18+/m0/s1. The van der Waals surface area contributed by atoms with Gasteiger partial charge in [0.1, 0.15) is 11.8 Å². The number of hydrogen-bond acceptors (Lipinski definition) is 8. The highest BCUT2D eigenvalue weighted by Crippen LogP contribution is 2.34. The van der Waals surface area contributed by atoms with E-state index >= 15 is 0 Å². The monoisotopic (exact) mass is 472 g/mol. The molecule has 0 bridgehead atoms. The molecule has 0 saturated carbocycles. The lowest BCUT2D eigenvalue weighted by Crippen LogP contribution is -2.28. The van der Waals surface area contributed by atoms with E-state index in [0.717, 1.165) is 30.7 Å². The summed E-state index contributed by atoms with van der Waals surface area (Å²) in [5.41, 5.74) is 1.74. The number of halogens is 1. The fourth-order valence-electron chi connectivity index (χ4n) is 3.85. The molecule has 2 atom stereocenters. The van der Waals surface area contributed by atoms with Gasteiger partial charge in [-0.1, -0.05) is 35.5 Å². The molecule has 4 heterocycles. The van der Waals surface area contributed by atoms with Gasteiger partial charge in [0, 0.05) is 18.1 Å². The Labute approximate surface area is 193 Å². The first kappa shape index (κ1) is 21.2. The zero-order chi connectivity index (χ0) is 21.9. The van der Waals surface area contributed by atoms with E-state index in [1.54, 1.807) is 10.9 Å². The second kappa shape index (κ2) is 9.43. The van der Waals surface area contributed by atoms with Crippen LogP contribution in [-0.2, 0) is 16.1 Å². The van der Waals surface area contributed by atoms with Crippen molar-refractivity contribution in [2.24, 2.45) is 5.10 Å². The van der Waals surface area contributed by atoms with Crippen LogP contribution >= 0.6 is 23.4 Å². The Morgan fingerprint density at radius 1 is 1.25 bits per heavy atom. The largest absolute Gasteiger partial charge is 0.467 e. The second-order valence-corrected chi connectivity index (χ2v) is 8.97. The van der Waals surface area contributed by atoms with Crippen LogP contribution in [-0.4, -0.2) is 55.3 Å². The van der Waals surface area contributed by atoms with Crippen molar-refractivity contribution in [2.75, 3.05) is 12.4 Å². The van der Waals surface area contributed by atoms with Gasteiger partial charge in [-0.3, -0.25) is 4.79 Å². The maximum Gasteiger partial charge on any atom is 0.253 e. The molecule has 11 heteroatoms. The lowest BCUT2D eigenvalue weighted by molar-refractivity contribution is -0.130. The molecule has 2 aliphatic heterocycles. The smallest absolute Gasteiger partial charge is 0.253 e. The van der Waals surface area contributed by atoms with E-state index in [1.807, 2.05) is 36.4 Å². The predicted octanol–water partition coefficient (Wildman–Crippen LogP) is 3.57. The van der Waals surface area contributed by atoms with Gasteiger partial charge < -0.3 is 9.15 Å². The van der Waals surface area contributed by atoms with E-state index in [9.17, 15) is 4.79 Å². The van der Waals surface area contributed by atoms with Crippen LogP contribution in [0.4, 0.5) is 0 Å². The number of tetrazole rings is 1. The molecule has 32 heavy (non-hydrogen) atoms. The molecule has 1 amide bonds. The highest BCUT2D eigenvalue weighted by Gasteiger charge is 2.35. The Bertz CT molecular complexity index is 1100. The van der Waals surface area contributed by atoms with Crippen LogP contribution in [0.15, 0.2) is 57.3 Å². The van der Waals surface area contributed by atoms with Crippen LogP contribution in [0, 0.1) is 0 Å². The van der Waals surface area contributed by atoms with Crippen molar-refractivity contribution >= 4 is 35.0 Å². The molecule has 1 aromatic carbocycles. The highest BCUT2D eigenvalue weighted by atomic mass is 35.5. The van der Waals surface area contributed by atoms with Crippen molar-refractivity contribution in [1.82, 2.24) is 25.2 Å². The van der Waals surface area contributed by atoms with Crippen molar-refractivity contribution in [3.05, 3.63) is 59.0 Å². The SMILES string of the molecule is O=C(CSc1nnnn1C[C@@H]1CCCO1)N1N=C(c2ccc(Cl)cc2)C[C@@H]1c1ccco1. The summed E-state index contributed by atoms with van der Waals surface area (Å²) < 4.78 is 13.0. The summed E-state index contributed by atoms with van der Waals surface area (Å²) >= 11 is 7.31. The number of ether oxygens (including phenoxy) is 1. The van der Waals surface area contributed by atoms with Gasteiger partial charge in [-0.15, -0.1) is 5.10 Å². The molecule has 0 spiro atoms. The van der Waals surface area contributed by atoms with Crippen LogP contribution in [0.1, 0.15) is 36.6 Å². The van der Waals surface area contributed by atoms with Gasteiger partial charge >= 0.3 is 0 Å². The number of carbonyl (C=O) groups is 1. The summed E-state index contributed by atoms with van der Waals surface area (Å²) in [5, 5.41) is 19.3. The first-order valence-electron chi connectivity index (χ1n) is 10.4. The molecule has 1 saturated heterocycles. The number of furan rings is 1. The van der Waals surface area contributed by atoms with Gasteiger partial charge in [0.05, 0.1) is 30.4 Å². The minimum Gasteiger partial charge on any atom is -0.467 e. The van der Waals surface area contributed by atoms with E-state index in [1.165, 1.54) is 16.8 Å². The average molecular weight is 473 g/mol. The van der Waals surface area contributed by atoms with Crippen molar-refractivity contribution in [3.8, 4) is 0 Å². The lowest BCUT2D eigenvalue weighted by Gasteiger charge is -2.19. The van der Waals surface area contributed by atoms with Gasteiger partial charge in [0.15, 0.2) is 0 Å². The van der Waals surface area contributed by atoms with E-state index in [0.29, 0.717) is 28.9 Å². The molecule has 0 N–H and O–H groups in total. The van der Waals surface area contributed by atoms with Crippen LogP contribution in [0.25, 0.3) is 0 Å². The van der Waals surface area contributed by atoms with E-state index < -0.39 is 0 Å². The van der Waals surface area contributed by atoms with Gasteiger partial charge in [0.2, 0.25) is 5.16 Å². The highest BCUT2D eigenvalue weighted by molar-refractivity contribution is 7.99. The third-order valence-corrected chi connectivity index (χ3v) is 6.63. The number of thioether (sulfide) groups is 1. The van der Waals surface area contributed by atoms with Gasteiger partial charge in [-0.05, 0) is 53.1 Å². The average Bonchev–Trinajstić information content (AvgIpc) is 3.60. The van der Waals surface area contributed by atoms with Crippen molar-refractivity contribution < 1.29 is 13.9 Å². The van der Waals surface area contributed by atoms with E-state index in [-0.39, 0.29) is 23.8 Å². The van der Waals surface area contributed by atoms with Crippen LogP contribution < -0.4 is 0 Å². The van der Waals surface area contributed by atoms with E-state index in [2.05, 4.69) is 20.6 Å². The maximum atomic E-state index is 13.2. The summed E-state index contributed by atoms with van der Waals surface area (Å²) in [5.74, 6) is 0.701. The van der Waals surface area contributed by atoms with Crippen LogP contribution in [0.3, 0.4) is 0 Å². The number of amides is 1. The summed E-state index contributed by atoms with van der Waals surface area (Å²) in [7, 11) is 0. The Kier molecular flexibility index (Phi) is 6.24. The molecule has 0 unspecified atom stereocenters. The molecule has 9 nitrogen and oxygen atoms in total. The molecule has 0 aliphatic carbocycles. The minimum absolute atomic E-state index is 0.113. The molecule has 2 aromatic heterocycles. The number of aromatic nitrogens is 4. The summed E-state index contributed by atoms with van der Waals surface area (Å²) in [6.45, 7) is 1.35. The molecule has 5 rings (SSSR count). The number of nitrogens with zero attached hydrogens (tertiary/aromatic N) is 6. The second-order valence-electron chi connectivity index (χ2n) is 7.59. The summed E-state index contributed by atoms with van der Waals surface area (Å²) in [4.78, 5) is 13.2. The Hall–Kier alpha value is -2.69. The van der Waals surface area contributed by atoms with Gasteiger partial charge in [-0.2, -0.15) is 5.10 Å². The Morgan fingerprint density at radius 3 is 2.88 bits per heavy atom. The van der Waals surface area contributed by atoms with Crippen LogP contribution in [0.2, 0.25) is 5.02 Å². The zero-order valence-electron chi connectivity index (χ0n) is 17.1. The van der Waals surface area contributed by atoms with E-state index in [4.69, 9.17) is 20.8 Å². The topological polar surface area (TPSA) is 98.6 Å². The van der Waals surface area contributed by atoms with Crippen molar-refractivity contribution in [3.63, 3.8) is 0 Å². The zero-order valence-corrected chi connectivity index (χ0v) is 18.7. The van der Waals surface area contributed by atoms with Crippen molar-refractivity contribution in [2.45, 2.75) is 43.1 Å². The molecule has 1 fully saturated rings. The molecule has 0 radical (unpaired) electrons. The third kappa shape index (κ3) is 4.57. The van der Waals surface area contributed by atoms with Crippen LogP contribution in [0.5, 0.6) is 0 Å². The number of rotatable bonds is 7.